The lowest BCUT2D eigenvalue weighted by molar-refractivity contribution is 0.210. The van der Waals surface area contributed by atoms with Crippen LogP contribution in [0.25, 0.3) is 21.1 Å². The van der Waals surface area contributed by atoms with Crippen molar-refractivity contribution in [3.8, 4) is 0 Å². The smallest absolute Gasteiger partial charge is 0.271 e. The van der Waals surface area contributed by atoms with Gasteiger partial charge >= 0.3 is 0 Å². The maximum Gasteiger partial charge on any atom is 0.271 e. The van der Waals surface area contributed by atoms with Crippen LogP contribution in [0.2, 0.25) is 0 Å². The molecule has 1 atom stereocenters. The van der Waals surface area contributed by atoms with Gasteiger partial charge in [0.25, 0.3) is 5.56 Å². The lowest BCUT2D eigenvalue weighted by Crippen LogP contribution is -2.61. The van der Waals surface area contributed by atoms with Gasteiger partial charge in [0.2, 0.25) is 5.43 Å². The average Bonchev–Trinajstić information content (AvgIpc) is 3.42. The van der Waals surface area contributed by atoms with Crippen molar-refractivity contribution < 1.29 is 9.23 Å². The molecular weight excluding hydrogens is 411 g/mol. The van der Waals surface area contributed by atoms with E-state index in [1.165, 1.54) is 13.2 Å². The molecule has 158 valence electrons. The predicted molar refractivity (Wildman–Crippen MR) is 115 cm³/mol. The standard InChI is InChI=1S/C19H21FN6O3S/c1-8-19(21,22)14(23-29-2)7-25(8)13-6-12-10(5-11(13)20)16(27)15-17(28)24-30-18(15)26(12)9-3-4-9/h5-6,8-9H,3-4,7,21-22H2,1-2H3,(H,24,28)/b23-14+. The second-order valence-corrected chi connectivity index (χ2v) is 8.72. The van der Waals surface area contributed by atoms with Crippen LogP contribution in [0.15, 0.2) is 26.9 Å². The van der Waals surface area contributed by atoms with Crippen LogP contribution in [-0.2, 0) is 4.84 Å². The number of hydrogen-bond donors (Lipinski definition) is 3. The van der Waals surface area contributed by atoms with E-state index in [1.807, 2.05) is 4.57 Å². The molecule has 30 heavy (non-hydrogen) atoms. The quantitative estimate of drug-likeness (QED) is 0.421. The number of aromatic amines is 1. The summed E-state index contributed by atoms with van der Waals surface area (Å²) < 4.78 is 19.8. The summed E-state index contributed by atoms with van der Waals surface area (Å²) in [6.07, 6.45) is 1.87. The molecule has 1 saturated heterocycles. The number of rotatable bonds is 3. The molecule has 2 aliphatic rings. The fraction of sp³-hybridized carbons (Fsp3) is 0.421. The summed E-state index contributed by atoms with van der Waals surface area (Å²) in [4.78, 5) is 32.3. The average molecular weight is 432 g/mol. The van der Waals surface area contributed by atoms with Crippen molar-refractivity contribution in [2.75, 3.05) is 18.6 Å². The van der Waals surface area contributed by atoms with E-state index >= 15 is 4.39 Å². The van der Waals surface area contributed by atoms with Crippen LogP contribution in [0.1, 0.15) is 25.8 Å². The van der Waals surface area contributed by atoms with Crippen LogP contribution in [0, 0.1) is 5.82 Å². The van der Waals surface area contributed by atoms with Gasteiger partial charge in [0.15, 0.2) is 0 Å². The molecule has 1 saturated carbocycles. The molecule has 1 unspecified atom stereocenters. The number of aromatic nitrogens is 2. The molecular formula is C19H21FN6O3S. The minimum atomic E-state index is -1.29. The Bertz CT molecular complexity index is 1340. The number of oxime groups is 1. The van der Waals surface area contributed by atoms with E-state index in [4.69, 9.17) is 16.3 Å². The number of halogens is 1. The Morgan fingerprint density at radius 3 is 2.73 bits per heavy atom. The van der Waals surface area contributed by atoms with Gasteiger partial charge in [-0.05, 0) is 43.4 Å². The molecule has 0 radical (unpaired) electrons. The number of benzene rings is 1. The van der Waals surface area contributed by atoms with Crippen LogP contribution >= 0.6 is 11.5 Å². The molecule has 11 heteroatoms. The Hall–Kier alpha value is -2.76. The Morgan fingerprint density at radius 1 is 1.33 bits per heavy atom. The third-order valence-corrected chi connectivity index (χ3v) is 6.98. The van der Waals surface area contributed by atoms with Gasteiger partial charge in [0, 0.05) is 11.4 Å². The van der Waals surface area contributed by atoms with E-state index in [2.05, 4.69) is 9.53 Å². The zero-order valence-electron chi connectivity index (χ0n) is 16.4. The molecule has 0 bridgehead atoms. The molecule has 1 aliphatic heterocycles. The zero-order chi connectivity index (χ0) is 21.4. The summed E-state index contributed by atoms with van der Waals surface area (Å²) in [5.74, 6) is -0.589. The van der Waals surface area contributed by atoms with Crippen molar-refractivity contribution in [1.82, 2.24) is 8.94 Å². The lowest BCUT2D eigenvalue weighted by Gasteiger charge is -2.30. The molecule has 0 spiro atoms. The normalized spacial score (nSPS) is 22.5. The molecule has 3 heterocycles. The van der Waals surface area contributed by atoms with Gasteiger partial charge in [-0.15, -0.1) is 0 Å². The van der Waals surface area contributed by atoms with Crippen LogP contribution in [0.3, 0.4) is 0 Å². The molecule has 9 nitrogen and oxygen atoms in total. The third-order valence-electron chi connectivity index (χ3n) is 6.10. The SMILES string of the molecule is CO/N=C1\CN(c2cc3c(cc2F)c(=O)c2c(=O)[nH]sc2n3C2CC2)C(C)C1(N)N. The van der Waals surface area contributed by atoms with E-state index in [0.29, 0.717) is 16.1 Å². The topological polar surface area (TPSA) is 132 Å². The lowest BCUT2D eigenvalue weighted by atomic mass is 10.0. The highest BCUT2D eigenvalue weighted by molar-refractivity contribution is 7.12. The first kappa shape index (κ1) is 19.2. The monoisotopic (exact) mass is 432 g/mol. The molecule has 5 N–H and O–H groups in total. The van der Waals surface area contributed by atoms with Gasteiger partial charge < -0.3 is 25.8 Å². The third kappa shape index (κ3) is 2.55. The maximum atomic E-state index is 15.2. The van der Waals surface area contributed by atoms with E-state index in [-0.39, 0.29) is 29.0 Å². The second kappa shape index (κ2) is 6.37. The van der Waals surface area contributed by atoms with Gasteiger partial charge in [-0.25, -0.2) is 4.39 Å². The number of hydrogen-bond acceptors (Lipinski definition) is 8. The number of fused-ring (bicyclic) bond motifs is 2. The highest BCUT2D eigenvalue weighted by Crippen LogP contribution is 2.41. The van der Waals surface area contributed by atoms with E-state index < -0.39 is 28.5 Å². The van der Waals surface area contributed by atoms with Crippen molar-refractivity contribution in [1.29, 1.82) is 0 Å². The van der Waals surface area contributed by atoms with Gasteiger partial charge in [0.1, 0.15) is 34.5 Å². The first-order valence-electron chi connectivity index (χ1n) is 9.59. The van der Waals surface area contributed by atoms with Crippen molar-refractivity contribution in [3.63, 3.8) is 0 Å². The number of nitrogens with zero attached hydrogens (tertiary/aromatic N) is 3. The van der Waals surface area contributed by atoms with Gasteiger partial charge in [-0.1, -0.05) is 5.16 Å². The number of anilines is 1. The number of H-pyrrole nitrogens is 1. The molecule has 1 aliphatic carbocycles. The van der Waals surface area contributed by atoms with Crippen LogP contribution < -0.4 is 27.4 Å². The summed E-state index contributed by atoms with van der Waals surface area (Å²) in [5, 5.41) is 4.18. The summed E-state index contributed by atoms with van der Waals surface area (Å²) in [7, 11) is 1.40. The molecule has 1 aromatic carbocycles. The Kier molecular flexibility index (Phi) is 4.08. The minimum absolute atomic E-state index is 0.0820. The van der Waals surface area contributed by atoms with Gasteiger partial charge in [-0.3, -0.25) is 14.0 Å². The van der Waals surface area contributed by atoms with Crippen molar-refractivity contribution in [2.45, 2.75) is 37.5 Å². The predicted octanol–water partition coefficient (Wildman–Crippen LogP) is 1.20. The molecule has 0 amide bonds. The number of nitrogens with one attached hydrogen (secondary N) is 1. The van der Waals surface area contributed by atoms with Crippen LogP contribution in [0.5, 0.6) is 0 Å². The Balaban J connectivity index is 1.78. The van der Waals surface area contributed by atoms with Crippen LogP contribution in [0.4, 0.5) is 10.1 Å². The first-order valence-corrected chi connectivity index (χ1v) is 10.4. The first-order chi connectivity index (χ1) is 14.3. The van der Waals surface area contributed by atoms with Crippen molar-refractivity contribution in [3.05, 3.63) is 38.5 Å². The summed E-state index contributed by atoms with van der Waals surface area (Å²) >= 11 is 1.13. The van der Waals surface area contributed by atoms with E-state index in [9.17, 15) is 9.59 Å². The minimum Gasteiger partial charge on any atom is -0.399 e. The second-order valence-electron chi connectivity index (χ2n) is 7.92. The van der Waals surface area contributed by atoms with E-state index in [0.717, 1.165) is 24.4 Å². The molecule has 3 aromatic rings. The summed E-state index contributed by atoms with van der Waals surface area (Å²) in [6.45, 7) is 1.98. The summed E-state index contributed by atoms with van der Waals surface area (Å²) in [6, 6.07) is 2.56. The highest BCUT2D eigenvalue weighted by Gasteiger charge is 2.46. The van der Waals surface area contributed by atoms with Crippen LogP contribution in [-0.4, -0.2) is 40.0 Å². The molecule has 5 rings (SSSR count). The van der Waals surface area contributed by atoms with Gasteiger partial charge in [0.05, 0.1) is 23.8 Å². The fourth-order valence-corrected chi connectivity index (χ4v) is 5.13. The number of nitrogens with two attached hydrogens (primary N) is 2. The maximum absolute atomic E-state index is 15.2. The summed E-state index contributed by atoms with van der Waals surface area (Å²) in [5.41, 5.74) is 11.5. The van der Waals surface area contributed by atoms with E-state index in [1.54, 1.807) is 17.9 Å². The Labute approximate surface area is 173 Å². The van der Waals surface area contributed by atoms with Gasteiger partial charge in [-0.2, -0.15) is 0 Å². The Morgan fingerprint density at radius 2 is 2.07 bits per heavy atom. The highest BCUT2D eigenvalue weighted by atomic mass is 32.1. The van der Waals surface area contributed by atoms with Crippen molar-refractivity contribution >= 4 is 44.1 Å². The fourth-order valence-electron chi connectivity index (χ4n) is 4.20. The molecule has 2 fully saturated rings. The number of pyridine rings is 1. The largest absolute Gasteiger partial charge is 0.399 e. The van der Waals surface area contributed by atoms with Crippen molar-refractivity contribution in [2.24, 2.45) is 16.6 Å². The molecule has 2 aromatic heterocycles. The zero-order valence-corrected chi connectivity index (χ0v) is 17.3.